The van der Waals surface area contributed by atoms with E-state index in [1.165, 1.54) is 4.90 Å². The lowest BCUT2D eigenvalue weighted by atomic mass is 9.96. The molecule has 0 saturated carbocycles. The summed E-state index contributed by atoms with van der Waals surface area (Å²) in [5, 5.41) is 8.65. The Bertz CT molecular complexity index is 360. The van der Waals surface area contributed by atoms with E-state index >= 15 is 0 Å². The second-order valence-electron chi connectivity index (χ2n) is 5.01. The summed E-state index contributed by atoms with van der Waals surface area (Å²) in [6.45, 7) is 0.257. The third-order valence-electron chi connectivity index (χ3n) is 3.33. The van der Waals surface area contributed by atoms with Gasteiger partial charge in [0.1, 0.15) is 13.1 Å². The molecule has 1 saturated heterocycles. The molecule has 0 radical (unpaired) electrons. The fourth-order valence-corrected chi connectivity index (χ4v) is 2.34. The van der Waals surface area contributed by atoms with Gasteiger partial charge in [-0.3, -0.25) is 4.79 Å². The van der Waals surface area contributed by atoms with Crippen LogP contribution in [0.2, 0.25) is 0 Å². The zero-order valence-electron chi connectivity index (χ0n) is 11.3. The van der Waals surface area contributed by atoms with Crippen molar-refractivity contribution in [2.45, 2.75) is 32.4 Å². The molecule has 2 amide bonds. The lowest BCUT2D eigenvalue weighted by molar-refractivity contribution is -0.149. The third kappa shape index (κ3) is 5.26. The van der Waals surface area contributed by atoms with Crippen LogP contribution < -0.4 is 0 Å². The molecule has 0 aromatic carbocycles. The predicted molar refractivity (Wildman–Crippen MR) is 65.2 cm³/mol. The number of rotatable bonds is 4. The van der Waals surface area contributed by atoms with Crippen LogP contribution in [-0.2, 0) is 4.79 Å². The Morgan fingerprint density at radius 3 is 2.55 bits per heavy atom. The number of carboxylic acid groups (broad SMARTS) is 1. The topological polar surface area (TPSA) is 60.9 Å². The van der Waals surface area contributed by atoms with Gasteiger partial charge in [-0.1, -0.05) is 13.3 Å². The van der Waals surface area contributed by atoms with E-state index in [9.17, 15) is 22.8 Å². The van der Waals surface area contributed by atoms with E-state index in [0.29, 0.717) is 18.0 Å². The average Bonchev–Trinajstić information content (AvgIpc) is 2.35. The van der Waals surface area contributed by atoms with Crippen molar-refractivity contribution in [3.8, 4) is 0 Å². The van der Waals surface area contributed by atoms with Gasteiger partial charge in [-0.15, -0.1) is 0 Å². The number of carbonyl (C=O) groups is 2. The number of carbonyl (C=O) groups excluding carboxylic acids is 1. The normalized spacial score (nSPS) is 19.8. The maximum Gasteiger partial charge on any atom is 0.406 e. The zero-order chi connectivity index (χ0) is 15.3. The van der Waals surface area contributed by atoms with Crippen LogP contribution in [0.4, 0.5) is 18.0 Å². The standard InChI is InChI=1S/C12H19F3N2O3/c1-2-9-4-3-5-16(6-9)11(20)17(7-10(18)19)8-12(13,14)15/h9H,2-8H2,1H3,(H,18,19). The fourth-order valence-electron chi connectivity index (χ4n) is 2.34. The molecule has 1 rings (SSSR count). The number of amides is 2. The molecule has 0 aliphatic carbocycles. The summed E-state index contributed by atoms with van der Waals surface area (Å²) in [7, 11) is 0. The number of carboxylic acids is 1. The van der Waals surface area contributed by atoms with Crippen LogP contribution in [0.25, 0.3) is 0 Å². The molecular weight excluding hydrogens is 277 g/mol. The van der Waals surface area contributed by atoms with Crippen LogP contribution in [0, 0.1) is 5.92 Å². The molecule has 0 aromatic heterocycles. The molecule has 0 aromatic rings. The van der Waals surface area contributed by atoms with Crippen molar-refractivity contribution in [1.82, 2.24) is 9.80 Å². The molecule has 1 fully saturated rings. The first kappa shape index (κ1) is 16.6. The molecule has 116 valence electrons. The van der Waals surface area contributed by atoms with Crippen molar-refractivity contribution in [2.24, 2.45) is 5.92 Å². The number of nitrogens with zero attached hydrogens (tertiary/aromatic N) is 2. The highest BCUT2D eigenvalue weighted by Gasteiger charge is 2.36. The maximum atomic E-state index is 12.4. The van der Waals surface area contributed by atoms with Gasteiger partial charge in [0.15, 0.2) is 0 Å². The first-order valence-electron chi connectivity index (χ1n) is 6.55. The lowest BCUT2D eigenvalue weighted by Gasteiger charge is -2.36. The van der Waals surface area contributed by atoms with Crippen LogP contribution in [0.1, 0.15) is 26.2 Å². The number of hydrogen-bond acceptors (Lipinski definition) is 2. The Hall–Kier alpha value is -1.47. The quantitative estimate of drug-likeness (QED) is 0.865. The number of urea groups is 1. The van der Waals surface area contributed by atoms with Gasteiger partial charge in [-0.05, 0) is 18.8 Å². The Morgan fingerprint density at radius 2 is 2.05 bits per heavy atom. The van der Waals surface area contributed by atoms with Crippen LogP contribution in [-0.4, -0.2) is 59.3 Å². The van der Waals surface area contributed by atoms with E-state index in [0.717, 1.165) is 19.3 Å². The number of hydrogen-bond donors (Lipinski definition) is 1. The van der Waals surface area contributed by atoms with Gasteiger partial charge in [0.05, 0.1) is 0 Å². The summed E-state index contributed by atoms with van der Waals surface area (Å²) in [5.41, 5.74) is 0. The molecule has 20 heavy (non-hydrogen) atoms. The van der Waals surface area contributed by atoms with E-state index in [-0.39, 0.29) is 5.92 Å². The van der Waals surface area contributed by atoms with Crippen molar-refractivity contribution < 1.29 is 27.9 Å². The minimum atomic E-state index is -4.61. The van der Waals surface area contributed by atoms with E-state index in [2.05, 4.69) is 0 Å². The Kier molecular flexibility index (Phi) is 5.64. The van der Waals surface area contributed by atoms with Crippen molar-refractivity contribution in [3.63, 3.8) is 0 Å². The van der Waals surface area contributed by atoms with Gasteiger partial charge in [0.2, 0.25) is 0 Å². The van der Waals surface area contributed by atoms with Crippen LogP contribution in [0.5, 0.6) is 0 Å². The first-order chi connectivity index (χ1) is 9.23. The van der Waals surface area contributed by atoms with Gasteiger partial charge in [-0.25, -0.2) is 4.79 Å². The van der Waals surface area contributed by atoms with E-state index in [1.54, 1.807) is 0 Å². The number of likely N-dealkylation sites (tertiary alicyclic amines) is 1. The van der Waals surface area contributed by atoms with Crippen molar-refractivity contribution in [1.29, 1.82) is 0 Å². The summed E-state index contributed by atoms with van der Waals surface area (Å²) < 4.78 is 37.3. The van der Waals surface area contributed by atoms with Crippen molar-refractivity contribution in [3.05, 3.63) is 0 Å². The number of piperidine rings is 1. The largest absolute Gasteiger partial charge is 0.480 e. The number of aliphatic carboxylic acids is 1. The molecule has 8 heteroatoms. The van der Waals surface area contributed by atoms with Gasteiger partial charge in [0, 0.05) is 13.1 Å². The summed E-state index contributed by atoms with van der Waals surface area (Å²) in [5.74, 6) is -1.18. The van der Waals surface area contributed by atoms with Gasteiger partial charge in [0.25, 0.3) is 0 Å². The molecule has 5 nitrogen and oxygen atoms in total. The highest BCUT2D eigenvalue weighted by atomic mass is 19.4. The summed E-state index contributed by atoms with van der Waals surface area (Å²) in [4.78, 5) is 24.4. The van der Waals surface area contributed by atoms with Crippen LogP contribution in [0.15, 0.2) is 0 Å². The second kappa shape index (κ2) is 6.81. The zero-order valence-corrected chi connectivity index (χ0v) is 11.3. The smallest absolute Gasteiger partial charge is 0.406 e. The van der Waals surface area contributed by atoms with Crippen molar-refractivity contribution >= 4 is 12.0 Å². The summed E-state index contributed by atoms with van der Waals surface area (Å²) in [6, 6.07) is -0.845. The first-order valence-corrected chi connectivity index (χ1v) is 6.55. The summed E-state index contributed by atoms with van der Waals surface area (Å²) in [6.07, 6.45) is -2.08. The summed E-state index contributed by atoms with van der Waals surface area (Å²) >= 11 is 0. The Labute approximate surface area is 115 Å². The number of halogens is 3. The average molecular weight is 296 g/mol. The minimum Gasteiger partial charge on any atom is -0.480 e. The monoisotopic (exact) mass is 296 g/mol. The predicted octanol–water partition coefficient (Wildman–Crippen LogP) is 2.18. The van der Waals surface area contributed by atoms with Gasteiger partial charge < -0.3 is 14.9 Å². The molecule has 1 heterocycles. The van der Waals surface area contributed by atoms with Gasteiger partial charge in [-0.2, -0.15) is 13.2 Å². The highest BCUT2D eigenvalue weighted by Crippen LogP contribution is 2.22. The van der Waals surface area contributed by atoms with Crippen LogP contribution in [0.3, 0.4) is 0 Å². The van der Waals surface area contributed by atoms with Crippen LogP contribution >= 0.6 is 0 Å². The Morgan fingerprint density at radius 1 is 1.40 bits per heavy atom. The molecule has 0 bridgehead atoms. The SMILES string of the molecule is CCC1CCCN(C(=O)N(CC(=O)O)CC(F)(F)F)C1. The lowest BCUT2D eigenvalue weighted by Crippen LogP contribution is -2.51. The third-order valence-corrected chi connectivity index (χ3v) is 3.33. The molecule has 1 atom stereocenters. The van der Waals surface area contributed by atoms with Gasteiger partial charge >= 0.3 is 18.2 Å². The van der Waals surface area contributed by atoms with E-state index in [4.69, 9.17) is 5.11 Å². The molecule has 1 aliphatic heterocycles. The van der Waals surface area contributed by atoms with E-state index in [1.807, 2.05) is 6.92 Å². The second-order valence-corrected chi connectivity index (χ2v) is 5.01. The van der Waals surface area contributed by atoms with Crippen molar-refractivity contribution in [2.75, 3.05) is 26.2 Å². The molecular formula is C12H19F3N2O3. The molecule has 1 aliphatic rings. The molecule has 1 N–H and O–H groups in total. The molecule has 0 spiro atoms. The van der Waals surface area contributed by atoms with E-state index < -0.39 is 31.3 Å². The Balaban J connectivity index is 2.73. The maximum absolute atomic E-state index is 12.4. The number of alkyl halides is 3. The minimum absolute atomic E-state index is 0.269. The molecule has 1 unspecified atom stereocenters. The highest BCUT2D eigenvalue weighted by molar-refractivity contribution is 5.80. The fraction of sp³-hybridized carbons (Fsp3) is 0.833.